The summed E-state index contributed by atoms with van der Waals surface area (Å²) in [5, 5.41) is 3.38. The molecule has 74 valence electrons. The molecule has 14 heavy (non-hydrogen) atoms. The standard InChI is InChI=1S/C12H16N2/c1-9-6-7-14-8-11(9)10-4-2-3-5-12(10)13/h2-5,14H,6-8,13H2,1H3. The number of rotatable bonds is 1. The summed E-state index contributed by atoms with van der Waals surface area (Å²) in [6, 6.07) is 8.08. The largest absolute Gasteiger partial charge is 0.398 e. The Balaban J connectivity index is 2.43. The highest BCUT2D eigenvalue weighted by molar-refractivity contribution is 5.78. The van der Waals surface area contributed by atoms with Gasteiger partial charge < -0.3 is 11.1 Å². The van der Waals surface area contributed by atoms with E-state index in [0.717, 1.165) is 25.2 Å². The number of hydrogen-bond acceptors (Lipinski definition) is 2. The van der Waals surface area contributed by atoms with Gasteiger partial charge in [-0.2, -0.15) is 0 Å². The Morgan fingerprint density at radius 2 is 2.07 bits per heavy atom. The van der Waals surface area contributed by atoms with E-state index in [-0.39, 0.29) is 0 Å². The first-order chi connectivity index (χ1) is 6.79. The third-order valence-corrected chi connectivity index (χ3v) is 2.78. The Kier molecular flexibility index (Phi) is 2.55. The molecule has 2 nitrogen and oxygen atoms in total. The van der Waals surface area contributed by atoms with Crippen molar-refractivity contribution in [3.8, 4) is 0 Å². The number of para-hydroxylation sites is 1. The Morgan fingerprint density at radius 1 is 1.29 bits per heavy atom. The van der Waals surface area contributed by atoms with Gasteiger partial charge in [-0.15, -0.1) is 0 Å². The molecule has 1 aromatic carbocycles. The smallest absolute Gasteiger partial charge is 0.0390 e. The van der Waals surface area contributed by atoms with Crippen LogP contribution in [0.2, 0.25) is 0 Å². The van der Waals surface area contributed by atoms with Crippen LogP contribution >= 0.6 is 0 Å². The van der Waals surface area contributed by atoms with Gasteiger partial charge in [-0.25, -0.2) is 0 Å². The second-order valence-corrected chi connectivity index (χ2v) is 3.77. The molecule has 0 saturated carbocycles. The van der Waals surface area contributed by atoms with E-state index in [0.29, 0.717) is 0 Å². The van der Waals surface area contributed by atoms with E-state index >= 15 is 0 Å². The van der Waals surface area contributed by atoms with Crippen LogP contribution in [0.3, 0.4) is 0 Å². The summed E-state index contributed by atoms with van der Waals surface area (Å²) in [6.45, 7) is 4.23. The van der Waals surface area contributed by atoms with Crippen molar-refractivity contribution >= 4 is 11.3 Å². The maximum absolute atomic E-state index is 5.95. The molecular weight excluding hydrogens is 172 g/mol. The predicted octanol–water partition coefficient (Wildman–Crippen LogP) is 2.04. The molecule has 1 aromatic rings. The lowest BCUT2D eigenvalue weighted by Gasteiger charge is -2.20. The number of anilines is 1. The van der Waals surface area contributed by atoms with Crippen molar-refractivity contribution in [1.29, 1.82) is 0 Å². The molecule has 0 saturated heterocycles. The number of nitrogen functional groups attached to an aromatic ring is 1. The molecule has 0 amide bonds. The lowest BCUT2D eigenvalue weighted by molar-refractivity contribution is 0.715. The summed E-state index contributed by atoms with van der Waals surface area (Å²) < 4.78 is 0. The average molecular weight is 188 g/mol. The number of benzene rings is 1. The number of nitrogens with two attached hydrogens (primary N) is 1. The van der Waals surface area contributed by atoms with Gasteiger partial charge in [0.05, 0.1) is 0 Å². The minimum Gasteiger partial charge on any atom is -0.398 e. The van der Waals surface area contributed by atoms with E-state index in [1.54, 1.807) is 0 Å². The van der Waals surface area contributed by atoms with E-state index in [4.69, 9.17) is 5.73 Å². The van der Waals surface area contributed by atoms with Crippen LogP contribution in [0, 0.1) is 0 Å². The maximum Gasteiger partial charge on any atom is 0.0390 e. The molecule has 2 heteroatoms. The normalized spacial score (nSPS) is 17.2. The van der Waals surface area contributed by atoms with Gasteiger partial charge >= 0.3 is 0 Å². The Hall–Kier alpha value is -1.28. The Labute approximate surface area is 84.8 Å². The fourth-order valence-electron chi connectivity index (χ4n) is 1.89. The highest BCUT2D eigenvalue weighted by Crippen LogP contribution is 2.26. The monoisotopic (exact) mass is 188 g/mol. The van der Waals surface area contributed by atoms with Gasteiger partial charge in [0, 0.05) is 17.8 Å². The molecule has 0 atom stereocenters. The Bertz CT molecular complexity index is 366. The van der Waals surface area contributed by atoms with Crippen LogP contribution in [-0.4, -0.2) is 13.1 Å². The van der Waals surface area contributed by atoms with Crippen molar-refractivity contribution in [2.75, 3.05) is 18.8 Å². The maximum atomic E-state index is 5.95. The van der Waals surface area contributed by atoms with Crippen molar-refractivity contribution in [3.63, 3.8) is 0 Å². The number of hydrogen-bond donors (Lipinski definition) is 2. The highest BCUT2D eigenvalue weighted by Gasteiger charge is 2.11. The van der Waals surface area contributed by atoms with Crippen molar-refractivity contribution in [1.82, 2.24) is 5.32 Å². The molecule has 3 N–H and O–H groups in total. The number of nitrogens with one attached hydrogen (secondary N) is 1. The highest BCUT2D eigenvalue weighted by atomic mass is 14.9. The van der Waals surface area contributed by atoms with Crippen molar-refractivity contribution < 1.29 is 0 Å². The quantitative estimate of drug-likeness (QED) is 0.662. The first-order valence-electron chi connectivity index (χ1n) is 5.03. The average Bonchev–Trinajstić information content (AvgIpc) is 2.20. The molecule has 0 bridgehead atoms. The molecular formula is C12H16N2. The summed E-state index contributed by atoms with van der Waals surface area (Å²) in [6.07, 6.45) is 1.13. The fourth-order valence-corrected chi connectivity index (χ4v) is 1.89. The van der Waals surface area contributed by atoms with E-state index in [1.807, 2.05) is 18.2 Å². The minimum atomic E-state index is 0.880. The summed E-state index contributed by atoms with van der Waals surface area (Å²) in [5.41, 5.74) is 10.9. The van der Waals surface area contributed by atoms with Gasteiger partial charge in [0.2, 0.25) is 0 Å². The molecule has 0 fully saturated rings. The molecule has 0 unspecified atom stereocenters. The van der Waals surface area contributed by atoms with Gasteiger partial charge in [-0.3, -0.25) is 0 Å². The van der Waals surface area contributed by atoms with Crippen LogP contribution in [0.15, 0.2) is 29.8 Å². The lowest BCUT2D eigenvalue weighted by atomic mass is 9.95. The van der Waals surface area contributed by atoms with Crippen LogP contribution in [0.5, 0.6) is 0 Å². The predicted molar refractivity (Wildman–Crippen MR) is 60.9 cm³/mol. The first-order valence-corrected chi connectivity index (χ1v) is 5.03. The van der Waals surface area contributed by atoms with Gasteiger partial charge in [0.15, 0.2) is 0 Å². The zero-order valence-electron chi connectivity index (χ0n) is 8.51. The van der Waals surface area contributed by atoms with Crippen LogP contribution in [0.25, 0.3) is 5.57 Å². The second-order valence-electron chi connectivity index (χ2n) is 3.77. The fraction of sp³-hybridized carbons (Fsp3) is 0.333. The van der Waals surface area contributed by atoms with E-state index in [2.05, 4.69) is 18.3 Å². The van der Waals surface area contributed by atoms with Crippen molar-refractivity contribution in [2.24, 2.45) is 0 Å². The Morgan fingerprint density at radius 3 is 2.79 bits per heavy atom. The molecule has 2 rings (SSSR count). The molecule has 0 aromatic heterocycles. The third-order valence-electron chi connectivity index (χ3n) is 2.78. The summed E-state index contributed by atoms with van der Waals surface area (Å²) >= 11 is 0. The SMILES string of the molecule is CC1=C(c2ccccc2N)CNCC1. The topological polar surface area (TPSA) is 38.0 Å². The summed E-state index contributed by atoms with van der Waals surface area (Å²) in [7, 11) is 0. The second kappa shape index (κ2) is 3.84. The van der Waals surface area contributed by atoms with Crippen LogP contribution in [-0.2, 0) is 0 Å². The van der Waals surface area contributed by atoms with Crippen LogP contribution < -0.4 is 11.1 Å². The van der Waals surface area contributed by atoms with Gasteiger partial charge in [0.1, 0.15) is 0 Å². The van der Waals surface area contributed by atoms with Crippen LogP contribution in [0.4, 0.5) is 5.69 Å². The van der Waals surface area contributed by atoms with Crippen LogP contribution in [0.1, 0.15) is 18.9 Å². The molecule has 0 aliphatic carbocycles. The van der Waals surface area contributed by atoms with E-state index in [1.165, 1.54) is 16.7 Å². The molecule has 1 aliphatic rings. The third kappa shape index (κ3) is 1.66. The van der Waals surface area contributed by atoms with Crippen molar-refractivity contribution in [2.45, 2.75) is 13.3 Å². The zero-order valence-corrected chi connectivity index (χ0v) is 8.51. The van der Waals surface area contributed by atoms with Crippen molar-refractivity contribution in [3.05, 3.63) is 35.4 Å². The van der Waals surface area contributed by atoms with Gasteiger partial charge in [0.25, 0.3) is 0 Å². The minimum absolute atomic E-state index is 0.880. The summed E-state index contributed by atoms with van der Waals surface area (Å²) in [5.74, 6) is 0. The molecule has 0 spiro atoms. The van der Waals surface area contributed by atoms with E-state index < -0.39 is 0 Å². The van der Waals surface area contributed by atoms with Gasteiger partial charge in [-0.1, -0.05) is 23.8 Å². The molecule has 1 aliphatic heterocycles. The molecule has 0 radical (unpaired) electrons. The lowest BCUT2D eigenvalue weighted by Crippen LogP contribution is -2.24. The molecule has 1 heterocycles. The first kappa shape index (κ1) is 9.28. The summed E-state index contributed by atoms with van der Waals surface area (Å²) in [4.78, 5) is 0. The van der Waals surface area contributed by atoms with E-state index in [9.17, 15) is 0 Å². The zero-order chi connectivity index (χ0) is 9.97. The van der Waals surface area contributed by atoms with Gasteiger partial charge in [-0.05, 0) is 31.5 Å².